The highest BCUT2D eigenvalue weighted by molar-refractivity contribution is 7.90. The minimum atomic E-state index is -3.82. The second kappa shape index (κ2) is 6.44. The van der Waals surface area contributed by atoms with Gasteiger partial charge in [0.1, 0.15) is 0 Å². The topological polar surface area (TPSA) is 86.7 Å². The first-order valence-corrected chi connectivity index (χ1v) is 8.05. The van der Waals surface area contributed by atoms with Crippen LogP contribution >= 0.6 is 0 Å². The number of benzene rings is 1. The smallest absolute Gasteiger partial charge is 0.305 e. The number of carboxylic acids is 1. The number of hydrogen-bond donors (Lipinski definition) is 2. The van der Waals surface area contributed by atoms with Crippen LogP contribution in [0.4, 0.5) is 5.69 Å². The van der Waals surface area contributed by atoms with Gasteiger partial charge in [-0.05, 0) is 39.8 Å². The number of hydrogen-bond acceptors (Lipinski definition) is 3. The number of nitrogens with one attached hydrogen (secondary N) is 1. The van der Waals surface area contributed by atoms with Crippen LogP contribution in [0.1, 0.15) is 32.8 Å². The molecule has 118 valence electrons. The fourth-order valence-corrected chi connectivity index (χ4v) is 3.35. The standard InChI is InChI=1S/C14H22N2O4S/c1-11-5-7-12(8-6-11)16(10-9-13(17)18)21(19,20)15-14(2,3)4/h5-8,15H,9-10H2,1-4H3,(H,17,18). The molecule has 1 aromatic carbocycles. The Morgan fingerprint density at radius 2 is 1.76 bits per heavy atom. The first-order chi connectivity index (χ1) is 9.51. The predicted octanol–water partition coefficient (Wildman–Crippen LogP) is 1.91. The Morgan fingerprint density at radius 1 is 1.24 bits per heavy atom. The van der Waals surface area contributed by atoms with Gasteiger partial charge >= 0.3 is 16.2 Å². The van der Waals surface area contributed by atoms with Gasteiger partial charge in [0.25, 0.3) is 0 Å². The zero-order chi connectivity index (χ0) is 16.3. The van der Waals surface area contributed by atoms with E-state index < -0.39 is 21.7 Å². The van der Waals surface area contributed by atoms with Crippen molar-refractivity contribution in [2.45, 2.75) is 39.7 Å². The van der Waals surface area contributed by atoms with Crippen LogP contribution in [-0.4, -0.2) is 31.6 Å². The van der Waals surface area contributed by atoms with Crippen molar-refractivity contribution in [2.75, 3.05) is 10.8 Å². The molecule has 0 atom stereocenters. The number of anilines is 1. The average molecular weight is 314 g/mol. The molecular weight excluding hydrogens is 292 g/mol. The Hall–Kier alpha value is -1.60. The van der Waals surface area contributed by atoms with E-state index in [9.17, 15) is 13.2 Å². The Bertz CT molecular complexity index is 588. The van der Waals surface area contributed by atoms with Crippen molar-refractivity contribution in [1.82, 2.24) is 4.72 Å². The Balaban J connectivity index is 3.12. The molecule has 0 unspecified atom stereocenters. The quantitative estimate of drug-likeness (QED) is 0.839. The van der Waals surface area contributed by atoms with Crippen molar-refractivity contribution in [2.24, 2.45) is 0 Å². The summed E-state index contributed by atoms with van der Waals surface area (Å²) in [7, 11) is -3.82. The average Bonchev–Trinajstić information content (AvgIpc) is 2.27. The van der Waals surface area contributed by atoms with Gasteiger partial charge in [0.15, 0.2) is 0 Å². The van der Waals surface area contributed by atoms with Crippen molar-refractivity contribution in [3.8, 4) is 0 Å². The largest absolute Gasteiger partial charge is 0.481 e. The summed E-state index contributed by atoms with van der Waals surface area (Å²) in [6.45, 7) is 6.97. The summed E-state index contributed by atoms with van der Waals surface area (Å²) in [6, 6.07) is 6.91. The number of aliphatic carboxylic acids is 1. The molecule has 0 saturated carbocycles. The molecule has 0 amide bonds. The maximum absolute atomic E-state index is 12.5. The van der Waals surface area contributed by atoms with Gasteiger partial charge in [-0.2, -0.15) is 13.1 Å². The highest BCUT2D eigenvalue weighted by Crippen LogP contribution is 2.20. The maximum atomic E-state index is 12.5. The first-order valence-electron chi connectivity index (χ1n) is 6.61. The van der Waals surface area contributed by atoms with Gasteiger partial charge in [-0.25, -0.2) is 0 Å². The molecular formula is C14H22N2O4S. The molecule has 0 aliphatic carbocycles. The van der Waals surface area contributed by atoms with Crippen LogP contribution in [-0.2, 0) is 15.0 Å². The summed E-state index contributed by atoms with van der Waals surface area (Å²) in [5.74, 6) is -1.04. The molecule has 0 heterocycles. The third-order valence-electron chi connectivity index (χ3n) is 2.58. The van der Waals surface area contributed by atoms with E-state index in [-0.39, 0.29) is 13.0 Å². The number of rotatable bonds is 6. The van der Waals surface area contributed by atoms with E-state index in [1.807, 2.05) is 6.92 Å². The van der Waals surface area contributed by atoms with Crippen molar-refractivity contribution in [3.05, 3.63) is 29.8 Å². The van der Waals surface area contributed by atoms with Gasteiger partial charge in [-0.15, -0.1) is 0 Å². The van der Waals surface area contributed by atoms with Gasteiger partial charge < -0.3 is 5.11 Å². The Kier molecular flexibility index (Phi) is 5.36. The molecule has 1 aromatic rings. The van der Waals surface area contributed by atoms with Gasteiger partial charge in [-0.1, -0.05) is 17.7 Å². The molecule has 0 aliphatic rings. The van der Waals surface area contributed by atoms with E-state index in [1.165, 1.54) is 0 Å². The van der Waals surface area contributed by atoms with Crippen LogP contribution in [0.5, 0.6) is 0 Å². The molecule has 2 N–H and O–H groups in total. The summed E-state index contributed by atoms with van der Waals surface area (Å²) in [5.41, 5.74) is 0.794. The van der Waals surface area contributed by atoms with Crippen LogP contribution in [0.15, 0.2) is 24.3 Å². The molecule has 0 fully saturated rings. The number of carbonyl (C=O) groups is 1. The molecule has 7 heteroatoms. The van der Waals surface area contributed by atoms with Gasteiger partial charge in [0.05, 0.1) is 12.1 Å². The molecule has 0 aromatic heterocycles. The van der Waals surface area contributed by atoms with Crippen molar-refractivity contribution in [3.63, 3.8) is 0 Å². The lowest BCUT2D eigenvalue weighted by molar-refractivity contribution is -0.136. The van der Waals surface area contributed by atoms with E-state index in [0.717, 1.165) is 9.87 Å². The highest BCUT2D eigenvalue weighted by atomic mass is 32.2. The molecule has 1 rings (SSSR count). The summed E-state index contributed by atoms with van der Waals surface area (Å²) in [4.78, 5) is 10.8. The number of carboxylic acid groups (broad SMARTS) is 1. The molecule has 0 aliphatic heterocycles. The van der Waals surface area contributed by atoms with Crippen LogP contribution in [0.2, 0.25) is 0 Å². The van der Waals surface area contributed by atoms with E-state index >= 15 is 0 Å². The lowest BCUT2D eigenvalue weighted by Gasteiger charge is -2.29. The minimum absolute atomic E-state index is 0.121. The second-order valence-corrected chi connectivity index (χ2v) is 7.50. The van der Waals surface area contributed by atoms with Crippen LogP contribution in [0.3, 0.4) is 0 Å². The number of nitrogens with zero attached hydrogens (tertiary/aromatic N) is 1. The van der Waals surface area contributed by atoms with Gasteiger partial charge in [0.2, 0.25) is 0 Å². The SMILES string of the molecule is Cc1ccc(N(CCC(=O)O)S(=O)(=O)NC(C)(C)C)cc1. The van der Waals surface area contributed by atoms with Crippen molar-refractivity contribution >= 4 is 21.9 Å². The molecule has 0 radical (unpaired) electrons. The predicted molar refractivity (Wildman–Crippen MR) is 82.6 cm³/mol. The van der Waals surface area contributed by atoms with E-state index in [4.69, 9.17) is 5.11 Å². The van der Waals surface area contributed by atoms with E-state index in [0.29, 0.717) is 5.69 Å². The molecule has 21 heavy (non-hydrogen) atoms. The molecule has 0 saturated heterocycles. The van der Waals surface area contributed by atoms with Gasteiger partial charge in [0, 0.05) is 12.1 Å². The van der Waals surface area contributed by atoms with Crippen LogP contribution in [0.25, 0.3) is 0 Å². The third-order valence-corrected chi connectivity index (χ3v) is 4.42. The van der Waals surface area contributed by atoms with Crippen molar-refractivity contribution in [1.29, 1.82) is 0 Å². The zero-order valence-corrected chi connectivity index (χ0v) is 13.6. The molecule has 0 spiro atoms. The van der Waals surface area contributed by atoms with Gasteiger partial charge in [-0.3, -0.25) is 9.10 Å². The summed E-state index contributed by atoms with van der Waals surface area (Å²) in [6.07, 6.45) is -0.265. The van der Waals surface area contributed by atoms with Crippen molar-refractivity contribution < 1.29 is 18.3 Å². The van der Waals surface area contributed by atoms with E-state index in [2.05, 4.69) is 4.72 Å². The lowest BCUT2D eigenvalue weighted by Crippen LogP contribution is -2.49. The minimum Gasteiger partial charge on any atom is -0.481 e. The lowest BCUT2D eigenvalue weighted by atomic mass is 10.1. The maximum Gasteiger partial charge on any atom is 0.305 e. The monoisotopic (exact) mass is 314 g/mol. The Morgan fingerprint density at radius 3 is 2.19 bits per heavy atom. The summed E-state index contributed by atoms with van der Waals surface area (Å²) in [5, 5.41) is 8.81. The zero-order valence-electron chi connectivity index (χ0n) is 12.8. The second-order valence-electron chi connectivity index (χ2n) is 5.91. The normalized spacial score (nSPS) is 12.2. The van der Waals surface area contributed by atoms with E-state index in [1.54, 1.807) is 45.0 Å². The first kappa shape index (κ1) is 17.5. The number of aryl methyl sites for hydroxylation is 1. The van der Waals surface area contributed by atoms with Crippen LogP contribution < -0.4 is 9.03 Å². The highest BCUT2D eigenvalue weighted by Gasteiger charge is 2.27. The fraction of sp³-hybridized carbons (Fsp3) is 0.500. The van der Waals surface area contributed by atoms with Crippen LogP contribution in [0, 0.1) is 6.92 Å². The fourth-order valence-electron chi connectivity index (χ4n) is 1.74. The third kappa shape index (κ3) is 5.73. The summed E-state index contributed by atoms with van der Waals surface area (Å²) >= 11 is 0. The molecule has 0 bridgehead atoms. The molecule has 6 nitrogen and oxygen atoms in total. The summed E-state index contributed by atoms with van der Waals surface area (Å²) < 4.78 is 28.6. The Labute approximate surface area is 126 Å².